The highest BCUT2D eigenvalue weighted by Crippen LogP contribution is 2.50. The number of nitrogens with two attached hydrogens (primary N) is 1. The number of fused-ring (bicyclic) bond motifs is 3. The zero-order valence-corrected chi connectivity index (χ0v) is 14.7. The van der Waals surface area contributed by atoms with Crippen molar-refractivity contribution in [2.75, 3.05) is 7.11 Å². The van der Waals surface area contributed by atoms with Gasteiger partial charge in [-0.3, -0.25) is 0 Å². The summed E-state index contributed by atoms with van der Waals surface area (Å²) in [5, 5.41) is 10.6. The van der Waals surface area contributed by atoms with Gasteiger partial charge in [-0.25, -0.2) is 4.79 Å². The Morgan fingerprint density at radius 3 is 2.65 bits per heavy atom. The molecule has 4 rings (SSSR count). The van der Waals surface area contributed by atoms with E-state index in [1.807, 2.05) is 36.4 Å². The molecule has 0 amide bonds. The van der Waals surface area contributed by atoms with Crippen LogP contribution in [0.15, 0.2) is 60.0 Å². The van der Waals surface area contributed by atoms with Crippen LogP contribution in [-0.2, 0) is 4.74 Å². The zero-order chi connectivity index (χ0) is 18.3. The van der Waals surface area contributed by atoms with Crippen LogP contribution < -0.4 is 10.5 Å². The highest BCUT2D eigenvalue weighted by Gasteiger charge is 2.33. The molecule has 0 radical (unpaired) electrons. The van der Waals surface area contributed by atoms with Crippen molar-refractivity contribution in [3.05, 3.63) is 76.0 Å². The van der Waals surface area contributed by atoms with Gasteiger partial charge in [0.2, 0.25) is 5.88 Å². The van der Waals surface area contributed by atoms with Gasteiger partial charge in [0.1, 0.15) is 11.6 Å². The van der Waals surface area contributed by atoms with Crippen LogP contribution in [-0.4, -0.2) is 13.1 Å². The van der Waals surface area contributed by atoms with E-state index in [0.717, 1.165) is 20.5 Å². The summed E-state index contributed by atoms with van der Waals surface area (Å²) in [4.78, 5) is 12.6. The van der Waals surface area contributed by atoms with E-state index in [1.54, 1.807) is 23.5 Å². The summed E-state index contributed by atoms with van der Waals surface area (Å²) in [6.07, 6.45) is 0. The molecule has 0 bridgehead atoms. The summed E-state index contributed by atoms with van der Waals surface area (Å²) in [6, 6.07) is 17.1. The third-order valence-electron chi connectivity index (χ3n) is 4.39. The smallest absolute Gasteiger partial charge is 0.337 e. The van der Waals surface area contributed by atoms with E-state index < -0.39 is 5.97 Å². The van der Waals surface area contributed by atoms with E-state index in [1.165, 1.54) is 7.11 Å². The molecule has 2 heterocycles. The second-order valence-corrected chi connectivity index (χ2v) is 6.91. The molecule has 6 heteroatoms. The Hall–Kier alpha value is -3.30. The van der Waals surface area contributed by atoms with Gasteiger partial charge in [0, 0.05) is 10.1 Å². The number of allylic oxidation sites excluding steroid dienone is 1. The summed E-state index contributed by atoms with van der Waals surface area (Å²) >= 11 is 1.58. The third kappa shape index (κ3) is 2.41. The Morgan fingerprint density at radius 1 is 1.23 bits per heavy atom. The summed E-state index contributed by atoms with van der Waals surface area (Å²) in [5.41, 5.74) is 7.74. The lowest BCUT2D eigenvalue weighted by atomic mass is 9.88. The molecule has 26 heavy (non-hydrogen) atoms. The van der Waals surface area contributed by atoms with E-state index in [-0.39, 0.29) is 11.8 Å². The lowest BCUT2D eigenvalue weighted by molar-refractivity contribution is 0.0600. The molecule has 1 aromatic heterocycles. The van der Waals surface area contributed by atoms with Crippen molar-refractivity contribution in [3.8, 4) is 11.8 Å². The third-order valence-corrected chi connectivity index (χ3v) is 5.61. The Bertz CT molecular complexity index is 1090. The van der Waals surface area contributed by atoms with Gasteiger partial charge in [0.25, 0.3) is 0 Å². The summed E-state index contributed by atoms with van der Waals surface area (Å²) < 4.78 is 11.6. The van der Waals surface area contributed by atoms with E-state index in [9.17, 15) is 10.1 Å². The Morgan fingerprint density at radius 2 is 1.96 bits per heavy atom. The van der Waals surface area contributed by atoms with Crippen LogP contribution in [0.4, 0.5) is 0 Å². The second-order valence-electron chi connectivity index (χ2n) is 5.83. The summed E-state index contributed by atoms with van der Waals surface area (Å²) in [5.74, 6) is 0.0873. The number of nitrogens with zero attached hydrogens (tertiary/aromatic N) is 1. The number of rotatable bonds is 2. The molecule has 0 fully saturated rings. The zero-order valence-electron chi connectivity index (χ0n) is 13.9. The van der Waals surface area contributed by atoms with Crippen LogP contribution in [0, 0.1) is 11.3 Å². The SMILES string of the molecule is COC(=O)c1ccc(C2C(C#N)=C(N)Oc3c2sc2ccccc32)cc1. The number of nitriles is 1. The van der Waals surface area contributed by atoms with E-state index in [4.69, 9.17) is 15.2 Å². The Balaban J connectivity index is 1.89. The van der Waals surface area contributed by atoms with E-state index in [2.05, 4.69) is 6.07 Å². The predicted octanol–water partition coefficient (Wildman–Crippen LogP) is 3.91. The van der Waals surface area contributed by atoms with Crippen molar-refractivity contribution in [1.29, 1.82) is 5.26 Å². The maximum atomic E-state index is 11.7. The second kappa shape index (κ2) is 6.21. The largest absolute Gasteiger partial charge is 0.465 e. The molecule has 3 aromatic rings. The van der Waals surface area contributed by atoms with Crippen LogP contribution in [0.1, 0.15) is 26.7 Å². The topological polar surface area (TPSA) is 85.3 Å². The van der Waals surface area contributed by atoms with Gasteiger partial charge in [0.15, 0.2) is 5.75 Å². The van der Waals surface area contributed by atoms with E-state index >= 15 is 0 Å². The molecule has 1 aliphatic rings. The highest BCUT2D eigenvalue weighted by atomic mass is 32.1. The molecule has 2 N–H and O–H groups in total. The van der Waals surface area contributed by atoms with Gasteiger partial charge in [0.05, 0.1) is 23.5 Å². The monoisotopic (exact) mass is 362 g/mol. The summed E-state index contributed by atoms with van der Waals surface area (Å²) in [6.45, 7) is 0. The number of benzene rings is 2. The molecular weight excluding hydrogens is 348 g/mol. The van der Waals surface area contributed by atoms with E-state index in [0.29, 0.717) is 16.9 Å². The maximum Gasteiger partial charge on any atom is 0.337 e. The van der Waals surface area contributed by atoms with Crippen LogP contribution in [0.3, 0.4) is 0 Å². The first-order valence-corrected chi connectivity index (χ1v) is 8.73. The number of thiophene rings is 1. The normalized spacial score (nSPS) is 15.9. The lowest BCUT2D eigenvalue weighted by Gasteiger charge is -2.24. The van der Waals surface area contributed by atoms with Gasteiger partial charge >= 0.3 is 5.97 Å². The fourth-order valence-corrected chi connectivity index (χ4v) is 4.41. The first-order valence-electron chi connectivity index (χ1n) is 7.91. The molecule has 0 aliphatic carbocycles. The number of carbonyl (C=O) groups excluding carboxylic acids is 1. The van der Waals surface area contributed by atoms with Crippen LogP contribution in [0.5, 0.6) is 5.75 Å². The molecule has 1 atom stereocenters. The minimum Gasteiger partial charge on any atom is -0.465 e. The van der Waals surface area contributed by atoms with Gasteiger partial charge in [-0.2, -0.15) is 5.26 Å². The molecule has 5 nitrogen and oxygen atoms in total. The quantitative estimate of drug-likeness (QED) is 0.699. The van der Waals surface area contributed by atoms with Crippen molar-refractivity contribution in [3.63, 3.8) is 0 Å². The van der Waals surface area contributed by atoms with Gasteiger partial charge in [-0.15, -0.1) is 11.3 Å². The standard InChI is InChI=1S/C20H14N2O3S/c1-24-20(23)12-8-6-11(7-9-12)16-14(10-21)19(22)25-17-13-4-2-3-5-15(13)26-18(16)17/h2-9,16H,22H2,1H3. The van der Waals surface area contributed by atoms with Crippen molar-refractivity contribution < 1.29 is 14.3 Å². The first-order chi connectivity index (χ1) is 12.6. The molecule has 0 spiro atoms. The minimum absolute atomic E-state index is 0.116. The van der Waals surface area contributed by atoms with Crippen LogP contribution in [0.2, 0.25) is 0 Å². The number of ether oxygens (including phenoxy) is 2. The van der Waals surface area contributed by atoms with Crippen molar-refractivity contribution in [2.24, 2.45) is 5.73 Å². The highest BCUT2D eigenvalue weighted by molar-refractivity contribution is 7.19. The lowest BCUT2D eigenvalue weighted by Crippen LogP contribution is -2.19. The number of esters is 1. The Labute approximate surface area is 153 Å². The van der Waals surface area contributed by atoms with Gasteiger partial charge < -0.3 is 15.2 Å². The molecular formula is C20H14N2O3S. The summed E-state index contributed by atoms with van der Waals surface area (Å²) in [7, 11) is 1.34. The average molecular weight is 362 g/mol. The number of hydrogen-bond donors (Lipinski definition) is 1. The number of methoxy groups -OCH3 is 1. The number of carbonyl (C=O) groups is 1. The molecule has 2 aromatic carbocycles. The first kappa shape index (κ1) is 16.2. The van der Waals surface area contributed by atoms with Crippen molar-refractivity contribution >= 4 is 27.4 Å². The average Bonchev–Trinajstić information content (AvgIpc) is 3.04. The van der Waals surface area contributed by atoms with Crippen molar-refractivity contribution in [2.45, 2.75) is 5.92 Å². The van der Waals surface area contributed by atoms with Gasteiger partial charge in [-0.1, -0.05) is 24.3 Å². The van der Waals surface area contributed by atoms with Crippen LogP contribution >= 0.6 is 11.3 Å². The van der Waals surface area contributed by atoms with Crippen molar-refractivity contribution in [1.82, 2.24) is 0 Å². The fraction of sp³-hybridized carbons (Fsp3) is 0.100. The Kier molecular flexibility index (Phi) is 3.86. The maximum absolute atomic E-state index is 11.7. The molecule has 1 aliphatic heterocycles. The number of hydrogen-bond acceptors (Lipinski definition) is 6. The molecule has 0 saturated carbocycles. The molecule has 0 saturated heterocycles. The molecule has 1 unspecified atom stereocenters. The van der Waals surface area contributed by atoms with Crippen LogP contribution in [0.25, 0.3) is 10.1 Å². The van der Waals surface area contributed by atoms with Gasteiger partial charge in [-0.05, 0) is 29.8 Å². The molecule has 128 valence electrons. The fourth-order valence-electron chi connectivity index (χ4n) is 3.14. The predicted molar refractivity (Wildman–Crippen MR) is 98.9 cm³/mol. The minimum atomic E-state index is -0.401.